The van der Waals surface area contributed by atoms with Crippen molar-refractivity contribution in [1.29, 1.82) is 0 Å². The van der Waals surface area contributed by atoms with E-state index in [1.807, 2.05) is 0 Å². The van der Waals surface area contributed by atoms with E-state index in [1.54, 1.807) is 24.9 Å². The highest BCUT2D eigenvalue weighted by molar-refractivity contribution is 5.73. The largest absolute Gasteiger partial charge is 0.507 e. The minimum atomic E-state index is -4.54. The molecule has 0 radical (unpaired) electrons. The third-order valence-electron chi connectivity index (χ3n) is 5.03. The van der Waals surface area contributed by atoms with E-state index in [9.17, 15) is 28.2 Å². The summed E-state index contributed by atoms with van der Waals surface area (Å²) in [6.07, 6.45) is -3.38. The van der Waals surface area contributed by atoms with Gasteiger partial charge in [0, 0.05) is 18.2 Å². The van der Waals surface area contributed by atoms with Crippen molar-refractivity contribution >= 4 is 11.8 Å². The summed E-state index contributed by atoms with van der Waals surface area (Å²) >= 11 is 0. The Bertz CT molecular complexity index is 920. The quantitative estimate of drug-likeness (QED) is 0.712. The van der Waals surface area contributed by atoms with Crippen molar-refractivity contribution in [3.05, 3.63) is 35.4 Å². The molecule has 3 rings (SSSR count). The molecule has 0 unspecified atom stereocenters. The van der Waals surface area contributed by atoms with Crippen LogP contribution in [0, 0.1) is 6.92 Å². The molecule has 0 amide bonds. The van der Waals surface area contributed by atoms with Crippen molar-refractivity contribution in [2.75, 3.05) is 18.9 Å². The highest BCUT2D eigenvalue weighted by Crippen LogP contribution is 2.36. The molecule has 29 heavy (non-hydrogen) atoms. The number of aryl methyl sites for hydroxylation is 1. The van der Waals surface area contributed by atoms with E-state index < -0.39 is 29.5 Å². The number of aromatic nitrogens is 2. The molecule has 156 valence electrons. The number of phenolic OH excluding ortho intramolecular Hbond substituents is 1. The lowest BCUT2D eigenvalue weighted by Crippen LogP contribution is -2.49. The maximum absolute atomic E-state index is 12.8. The molecule has 10 heteroatoms. The normalized spacial score (nSPS) is 20.4. The summed E-state index contributed by atoms with van der Waals surface area (Å²) in [7, 11) is 1.75. The van der Waals surface area contributed by atoms with Crippen LogP contribution in [0.3, 0.4) is 0 Å². The molecule has 1 aromatic heterocycles. The summed E-state index contributed by atoms with van der Waals surface area (Å²) < 4.78 is 38.3. The Kier molecular flexibility index (Phi) is 5.65. The van der Waals surface area contributed by atoms with Crippen LogP contribution in [-0.4, -0.2) is 57.0 Å². The SMILES string of the molecule is Cc1cc(N[C@@H]2CC[C@@H](C(=O)O)N(C)C2)nnc1-c1ccc(C(F)(F)F)cc1O. The smallest absolute Gasteiger partial charge is 0.416 e. The Morgan fingerprint density at radius 2 is 1.97 bits per heavy atom. The van der Waals surface area contributed by atoms with E-state index >= 15 is 0 Å². The third-order valence-corrected chi connectivity index (χ3v) is 5.03. The number of likely N-dealkylation sites (tertiary alicyclic amines) is 1. The second-order valence-corrected chi connectivity index (χ2v) is 7.20. The monoisotopic (exact) mass is 410 g/mol. The average Bonchev–Trinajstić information content (AvgIpc) is 2.61. The van der Waals surface area contributed by atoms with Crippen LogP contribution in [0.1, 0.15) is 24.0 Å². The minimum absolute atomic E-state index is 0.00498. The Morgan fingerprint density at radius 3 is 2.52 bits per heavy atom. The second-order valence-electron chi connectivity index (χ2n) is 7.20. The summed E-state index contributed by atoms with van der Waals surface area (Å²) in [5, 5.41) is 30.6. The molecule has 3 N–H and O–H groups in total. The van der Waals surface area contributed by atoms with Gasteiger partial charge in [0.2, 0.25) is 0 Å². The number of aliphatic carboxylic acids is 1. The fourth-order valence-electron chi connectivity index (χ4n) is 3.51. The molecular formula is C19H21F3N4O3. The first kappa shape index (κ1) is 20.8. The fraction of sp³-hybridized carbons (Fsp3) is 0.421. The molecule has 1 saturated heterocycles. The molecular weight excluding hydrogens is 389 g/mol. The lowest BCUT2D eigenvalue weighted by molar-refractivity contribution is -0.144. The van der Waals surface area contributed by atoms with E-state index in [2.05, 4.69) is 15.5 Å². The second kappa shape index (κ2) is 7.86. The van der Waals surface area contributed by atoms with Gasteiger partial charge in [0.1, 0.15) is 17.6 Å². The standard InChI is InChI=1S/C19H21F3N4O3/c1-10-7-16(23-12-4-6-14(18(28)29)26(2)9-12)24-25-17(10)13-5-3-11(8-15(13)27)19(20,21)22/h3,5,7-8,12,14,27H,4,6,9H2,1-2H3,(H,23,24)(H,28,29)/t12-,14+/m1/s1. The van der Waals surface area contributed by atoms with Gasteiger partial charge in [0.05, 0.1) is 11.3 Å². The number of rotatable bonds is 4. The van der Waals surface area contributed by atoms with Crippen molar-refractivity contribution in [3.63, 3.8) is 0 Å². The molecule has 0 bridgehead atoms. The maximum Gasteiger partial charge on any atom is 0.416 e. The summed E-state index contributed by atoms with van der Waals surface area (Å²) in [4.78, 5) is 12.9. The summed E-state index contributed by atoms with van der Waals surface area (Å²) in [5.74, 6) is -0.890. The summed E-state index contributed by atoms with van der Waals surface area (Å²) in [5.41, 5.74) is 0.138. The van der Waals surface area contributed by atoms with Gasteiger partial charge in [0.15, 0.2) is 0 Å². The van der Waals surface area contributed by atoms with Gasteiger partial charge >= 0.3 is 12.1 Å². The van der Waals surface area contributed by atoms with Gasteiger partial charge in [-0.15, -0.1) is 10.2 Å². The molecule has 1 aromatic carbocycles. The number of phenols is 1. The number of hydrogen-bond donors (Lipinski definition) is 3. The van der Waals surface area contributed by atoms with Crippen LogP contribution in [0.2, 0.25) is 0 Å². The van der Waals surface area contributed by atoms with E-state index in [0.29, 0.717) is 36.8 Å². The Labute approximate surface area is 165 Å². The van der Waals surface area contributed by atoms with Crippen LogP contribution < -0.4 is 5.32 Å². The number of nitrogens with one attached hydrogen (secondary N) is 1. The molecule has 2 atom stereocenters. The summed E-state index contributed by atoms with van der Waals surface area (Å²) in [6, 6.07) is 3.91. The molecule has 2 aromatic rings. The summed E-state index contributed by atoms with van der Waals surface area (Å²) in [6.45, 7) is 2.25. The lowest BCUT2D eigenvalue weighted by Gasteiger charge is -2.35. The van der Waals surface area contributed by atoms with Gasteiger partial charge in [-0.1, -0.05) is 0 Å². The molecule has 1 fully saturated rings. The number of likely N-dealkylation sites (N-methyl/N-ethyl adjacent to an activating group) is 1. The molecule has 1 aliphatic rings. The number of nitrogens with zero attached hydrogens (tertiary/aromatic N) is 3. The maximum atomic E-state index is 12.8. The van der Waals surface area contributed by atoms with Crippen molar-refractivity contribution < 1.29 is 28.2 Å². The van der Waals surface area contributed by atoms with E-state index in [1.165, 1.54) is 6.07 Å². The average molecular weight is 410 g/mol. The zero-order valence-corrected chi connectivity index (χ0v) is 15.9. The van der Waals surface area contributed by atoms with E-state index in [4.69, 9.17) is 0 Å². The number of halogens is 3. The number of carboxylic acids is 1. The highest BCUT2D eigenvalue weighted by atomic mass is 19.4. The molecule has 0 spiro atoms. The minimum Gasteiger partial charge on any atom is -0.507 e. The molecule has 1 aliphatic heterocycles. The third kappa shape index (κ3) is 4.58. The van der Waals surface area contributed by atoms with Crippen molar-refractivity contribution in [2.24, 2.45) is 0 Å². The Balaban J connectivity index is 1.75. The van der Waals surface area contributed by atoms with Crippen LogP contribution in [0.5, 0.6) is 5.75 Å². The number of aromatic hydroxyl groups is 1. The zero-order chi connectivity index (χ0) is 21.3. The van der Waals surface area contributed by atoms with Gasteiger partial charge in [-0.3, -0.25) is 9.69 Å². The predicted octanol–water partition coefficient (Wildman–Crippen LogP) is 3.14. The number of alkyl halides is 3. The Morgan fingerprint density at radius 1 is 1.24 bits per heavy atom. The number of carbonyl (C=O) groups is 1. The molecule has 0 saturated carbocycles. The van der Waals surface area contributed by atoms with Gasteiger partial charge in [0.25, 0.3) is 0 Å². The van der Waals surface area contributed by atoms with Crippen LogP contribution in [-0.2, 0) is 11.0 Å². The van der Waals surface area contributed by atoms with Crippen LogP contribution >= 0.6 is 0 Å². The van der Waals surface area contributed by atoms with Crippen LogP contribution in [0.25, 0.3) is 11.3 Å². The number of anilines is 1. The van der Waals surface area contributed by atoms with Crippen LogP contribution in [0.15, 0.2) is 24.3 Å². The van der Waals surface area contributed by atoms with Crippen LogP contribution in [0.4, 0.5) is 19.0 Å². The lowest BCUT2D eigenvalue weighted by atomic mass is 9.99. The van der Waals surface area contributed by atoms with E-state index in [0.717, 1.165) is 6.07 Å². The van der Waals surface area contributed by atoms with Crippen molar-refractivity contribution in [3.8, 4) is 17.0 Å². The number of benzene rings is 1. The fourth-order valence-corrected chi connectivity index (χ4v) is 3.51. The number of hydrogen-bond acceptors (Lipinski definition) is 6. The number of piperidine rings is 1. The molecule has 7 nitrogen and oxygen atoms in total. The Hall–Kier alpha value is -2.88. The number of carboxylic acid groups (broad SMARTS) is 1. The predicted molar refractivity (Wildman–Crippen MR) is 99.6 cm³/mol. The topological polar surface area (TPSA) is 98.6 Å². The van der Waals surface area contributed by atoms with Gasteiger partial charge in [-0.2, -0.15) is 13.2 Å². The van der Waals surface area contributed by atoms with Gasteiger partial charge in [-0.05, 0) is 56.6 Å². The van der Waals surface area contributed by atoms with Gasteiger partial charge in [-0.25, -0.2) is 0 Å². The molecule has 0 aliphatic carbocycles. The van der Waals surface area contributed by atoms with E-state index in [-0.39, 0.29) is 17.3 Å². The highest BCUT2D eigenvalue weighted by Gasteiger charge is 2.32. The van der Waals surface area contributed by atoms with Crippen molar-refractivity contribution in [1.82, 2.24) is 15.1 Å². The van der Waals surface area contributed by atoms with Gasteiger partial charge < -0.3 is 15.5 Å². The first-order valence-electron chi connectivity index (χ1n) is 9.00. The molecule has 2 heterocycles. The first-order chi connectivity index (χ1) is 13.6. The van der Waals surface area contributed by atoms with Crippen molar-refractivity contribution in [2.45, 2.75) is 38.0 Å². The zero-order valence-electron chi connectivity index (χ0n) is 15.9. The first-order valence-corrected chi connectivity index (χ1v) is 9.00.